The molecule has 1 saturated heterocycles. The predicted octanol–water partition coefficient (Wildman–Crippen LogP) is -0.166. The Morgan fingerprint density at radius 1 is 1.50 bits per heavy atom. The van der Waals surface area contributed by atoms with Gasteiger partial charge in [0.15, 0.2) is 0 Å². The number of ether oxygens (including phenoxy) is 1. The zero-order valence-electron chi connectivity index (χ0n) is 11.0. The summed E-state index contributed by atoms with van der Waals surface area (Å²) in [5, 5.41) is 2.70. The molecule has 2 rings (SSSR count). The highest BCUT2D eigenvalue weighted by Crippen LogP contribution is 2.25. The number of nitrogens with two attached hydrogens (primary N) is 1. The monoisotopic (exact) mass is 299 g/mol. The van der Waals surface area contributed by atoms with Crippen LogP contribution in [0.5, 0.6) is 5.75 Å². The lowest BCUT2D eigenvalue weighted by molar-refractivity contribution is -0.119. The summed E-state index contributed by atoms with van der Waals surface area (Å²) in [6.45, 7) is 0.154. The zero-order chi connectivity index (χ0) is 14.8. The number of hydrogen-bond acceptors (Lipinski definition) is 5. The number of anilines is 1. The molecule has 1 aliphatic rings. The van der Waals surface area contributed by atoms with Crippen LogP contribution >= 0.6 is 0 Å². The van der Waals surface area contributed by atoms with Crippen LogP contribution in [0.1, 0.15) is 12.8 Å². The molecule has 8 heteroatoms. The van der Waals surface area contributed by atoms with E-state index in [4.69, 9.17) is 10.5 Å². The maximum Gasteiger partial charge on any atom is 0.244 e. The molecule has 7 nitrogen and oxygen atoms in total. The molecule has 0 aromatic heterocycles. The van der Waals surface area contributed by atoms with E-state index in [1.165, 1.54) is 25.3 Å². The van der Waals surface area contributed by atoms with Crippen LogP contribution in [0.4, 0.5) is 5.69 Å². The SMILES string of the molecule is COc1cc(N)ccc1S(=O)(=O)NCC1CCC(=O)N1. The lowest BCUT2D eigenvalue weighted by Gasteiger charge is -2.14. The van der Waals surface area contributed by atoms with Gasteiger partial charge in [-0.25, -0.2) is 13.1 Å². The number of methoxy groups -OCH3 is 1. The number of rotatable bonds is 5. The summed E-state index contributed by atoms with van der Waals surface area (Å²) in [5.41, 5.74) is 6.01. The largest absolute Gasteiger partial charge is 0.495 e. The third-order valence-corrected chi connectivity index (χ3v) is 4.54. The Labute approximate surface area is 117 Å². The van der Waals surface area contributed by atoms with Gasteiger partial charge in [0.2, 0.25) is 15.9 Å². The Morgan fingerprint density at radius 3 is 2.85 bits per heavy atom. The first-order valence-corrected chi connectivity index (χ1v) is 7.63. The van der Waals surface area contributed by atoms with Gasteiger partial charge in [0, 0.05) is 30.8 Å². The predicted molar refractivity (Wildman–Crippen MR) is 73.8 cm³/mol. The quantitative estimate of drug-likeness (QED) is 0.654. The Hall–Kier alpha value is -1.80. The maximum absolute atomic E-state index is 12.2. The van der Waals surface area contributed by atoms with Gasteiger partial charge in [-0.2, -0.15) is 0 Å². The van der Waals surface area contributed by atoms with Gasteiger partial charge in [-0.15, -0.1) is 0 Å². The smallest absolute Gasteiger partial charge is 0.244 e. The van der Waals surface area contributed by atoms with Crippen LogP contribution in [-0.4, -0.2) is 34.0 Å². The summed E-state index contributed by atoms with van der Waals surface area (Å²) < 4.78 is 31.9. The summed E-state index contributed by atoms with van der Waals surface area (Å²) in [6, 6.07) is 4.17. The average Bonchev–Trinajstić information content (AvgIpc) is 2.82. The molecule has 1 unspecified atom stereocenters. The number of carbonyl (C=O) groups is 1. The van der Waals surface area contributed by atoms with E-state index < -0.39 is 10.0 Å². The van der Waals surface area contributed by atoms with Crippen molar-refractivity contribution in [3.63, 3.8) is 0 Å². The first-order valence-electron chi connectivity index (χ1n) is 6.15. The van der Waals surface area contributed by atoms with E-state index in [1.807, 2.05) is 0 Å². The van der Waals surface area contributed by atoms with Crippen molar-refractivity contribution in [1.82, 2.24) is 10.0 Å². The molecule has 1 aliphatic heterocycles. The van der Waals surface area contributed by atoms with E-state index in [2.05, 4.69) is 10.0 Å². The maximum atomic E-state index is 12.2. The van der Waals surface area contributed by atoms with Crippen LogP contribution in [0.25, 0.3) is 0 Å². The number of amides is 1. The third kappa shape index (κ3) is 3.20. The molecule has 20 heavy (non-hydrogen) atoms. The van der Waals surface area contributed by atoms with Crippen molar-refractivity contribution in [1.29, 1.82) is 0 Å². The Bertz CT molecular complexity index is 615. The lowest BCUT2D eigenvalue weighted by atomic mass is 10.2. The molecule has 4 N–H and O–H groups in total. The minimum Gasteiger partial charge on any atom is -0.495 e. The fraction of sp³-hybridized carbons (Fsp3) is 0.417. The minimum atomic E-state index is -3.71. The molecule has 1 aromatic carbocycles. The van der Waals surface area contributed by atoms with E-state index in [0.717, 1.165) is 0 Å². The number of nitrogen functional groups attached to an aromatic ring is 1. The van der Waals surface area contributed by atoms with Crippen LogP contribution < -0.4 is 20.5 Å². The topological polar surface area (TPSA) is 111 Å². The molecule has 1 aromatic rings. The van der Waals surface area contributed by atoms with Crippen molar-refractivity contribution < 1.29 is 17.9 Å². The Morgan fingerprint density at radius 2 is 2.25 bits per heavy atom. The average molecular weight is 299 g/mol. The third-order valence-electron chi connectivity index (χ3n) is 3.08. The van der Waals surface area contributed by atoms with Crippen LogP contribution in [0.2, 0.25) is 0 Å². The standard InChI is InChI=1S/C12H17N3O4S/c1-19-10-6-8(13)2-4-11(10)20(17,18)14-7-9-3-5-12(16)15-9/h2,4,6,9,14H,3,5,7,13H2,1H3,(H,15,16). The van der Waals surface area contributed by atoms with Gasteiger partial charge >= 0.3 is 0 Å². The van der Waals surface area contributed by atoms with Crippen LogP contribution in [0.3, 0.4) is 0 Å². The highest BCUT2D eigenvalue weighted by molar-refractivity contribution is 7.89. The molecule has 0 spiro atoms. The Kier molecular flexibility index (Phi) is 4.15. The summed E-state index contributed by atoms with van der Waals surface area (Å²) in [7, 11) is -2.33. The highest BCUT2D eigenvalue weighted by atomic mass is 32.2. The van der Waals surface area contributed by atoms with Gasteiger partial charge in [0.1, 0.15) is 10.6 Å². The molecular weight excluding hydrogens is 282 g/mol. The number of benzene rings is 1. The molecule has 0 radical (unpaired) electrons. The van der Waals surface area contributed by atoms with Crippen molar-refractivity contribution in [3.05, 3.63) is 18.2 Å². The van der Waals surface area contributed by atoms with Crippen LogP contribution in [0.15, 0.2) is 23.1 Å². The summed E-state index contributed by atoms with van der Waals surface area (Å²) in [4.78, 5) is 11.1. The van der Waals surface area contributed by atoms with Gasteiger partial charge < -0.3 is 15.8 Å². The van der Waals surface area contributed by atoms with Crippen molar-refractivity contribution in [2.24, 2.45) is 0 Å². The molecule has 0 aliphatic carbocycles. The number of hydrogen-bond donors (Lipinski definition) is 3. The van der Waals surface area contributed by atoms with Crippen molar-refractivity contribution in [3.8, 4) is 5.75 Å². The molecule has 0 saturated carbocycles. The van der Waals surface area contributed by atoms with Gasteiger partial charge in [-0.3, -0.25) is 4.79 Å². The van der Waals surface area contributed by atoms with Crippen LogP contribution in [0, 0.1) is 0 Å². The van der Waals surface area contributed by atoms with Gasteiger partial charge in [0.05, 0.1) is 7.11 Å². The van der Waals surface area contributed by atoms with E-state index in [9.17, 15) is 13.2 Å². The number of sulfonamides is 1. The second-order valence-corrected chi connectivity index (χ2v) is 6.30. The molecule has 1 heterocycles. The second-order valence-electron chi connectivity index (χ2n) is 4.57. The zero-order valence-corrected chi connectivity index (χ0v) is 11.9. The van der Waals surface area contributed by atoms with E-state index in [0.29, 0.717) is 18.5 Å². The van der Waals surface area contributed by atoms with Crippen molar-refractivity contribution in [2.75, 3.05) is 19.4 Å². The second kappa shape index (κ2) is 5.68. The van der Waals surface area contributed by atoms with Crippen LogP contribution in [-0.2, 0) is 14.8 Å². The van der Waals surface area contributed by atoms with Gasteiger partial charge in [-0.1, -0.05) is 0 Å². The fourth-order valence-corrected chi connectivity index (χ4v) is 3.26. The highest BCUT2D eigenvalue weighted by Gasteiger charge is 2.24. The van der Waals surface area contributed by atoms with Crippen molar-refractivity contribution in [2.45, 2.75) is 23.8 Å². The molecule has 1 fully saturated rings. The summed E-state index contributed by atoms with van der Waals surface area (Å²) >= 11 is 0. The van der Waals surface area contributed by atoms with Gasteiger partial charge in [-0.05, 0) is 18.6 Å². The molecular formula is C12H17N3O4S. The molecule has 110 valence electrons. The molecule has 0 bridgehead atoms. The summed E-state index contributed by atoms with van der Waals surface area (Å²) in [5.74, 6) is 0.132. The normalized spacial score (nSPS) is 18.9. The van der Waals surface area contributed by atoms with E-state index in [1.54, 1.807) is 0 Å². The first kappa shape index (κ1) is 14.6. The van der Waals surface area contributed by atoms with E-state index >= 15 is 0 Å². The summed E-state index contributed by atoms with van der Waals surface area (Å²) in [6.07, 6.45) is 1.05. The number of carbonyl (C=O) groups excluding carboxylic acids is 1. The minimum absolute atomic E-state index is 0.0264. The number of nitrogens with one attached hydrogen (secondary N) is 2. The molecule has 1 amide bonds. The fourth-order valence-electron chi connectivity index (χ4n) is 2.02. The lowest BCUT2D eigenvalue weighted by Crippen LogP contribution is -2.38. The van der Waals surface area contributed by atoms with E-state index in [-0.39, 0.29) is 29.1 Å². The Balaban J connectivity index is 2.12. The van der Waals surface area contributed by atoms with Gasteiger partial charge in [0.25, 0.3) is 0 Å². The first-order chi connectivity index (χ1) is 9.42. The molecule has 1 atom stereocenters. The van der Waals surface area contributed by atoms with Crippen molar-refractivity contribution >= 4 is 21.6 Å².